The highest BCUT2D eigenvalue weighted by atomic mass is 35.5. The van der Waals surface area contributed by atoms with Crippen molar-refractivity contribution in [2.45, 2.75) is 31.2 Å². The molecule has 0 aliphatic carbocycles. The van der Waals surface area contributed by atoms with Crippen LogP contribution in [0.4, 0.5) is 0 Å². The van der Waals surface area contributed by atoms with Gasteiger partial charge in [-0.15, -0.1) is 11.6 Å². The highest BCUT2D eigenvalue weighted by Gasteiger charge is 2.36. The van der Waals surface area contributed by atoms with Crippen molar-refractivity contribution in [1.82, 2.24) is 4.72 Å². The van der Waals surface area contributed by atoms with E-state index in [2.05, 4.69) is 4.72 Å². The SMILES string of the molecule is CC(CS(=O)(=O)NC1(CCl)CCOCC1)c1ccccc1. The minimum atomic E-state index is -3.39. The van der Waals surface area contributed by atoms with E-state index in [4.69, 9.17) is 16.3 Å². The fourth-order valence-corrected chi connectivity index (χ4v) is 4.89. The van der Waals surface area contributed by atoms with Crippen LogP contribution in [0.3, 0.4) is 0 Å². The number of sulfonamides is 1. The molecule has 1 heterocycles. The Hall–Kier alpha value is -0.620. The molecule has 6 heteroatoms. The van der Waals surface area contributed by atoms with E-state index in [0.29, 0.717) is 26.1 Å². The number of alkyl halides is 1. The van der Waals surface area contributed by atoms with Crippen molar-refractivity contribution < 1.29 is 13.2 Å². The third-order valence-electron chi connectivity index (χ3n) is 3.92. The maximum Gasteiger partial charge on any atom is 0.212 e. The van der Waals surface area contributed by atoms with Gasteiger partial charge in [0.2, 0.25) is 10.0 Å². The van der Waals surface area contributed by atoms with Gasteiger partial charge in [0, 0.05) is 19.1 Å². The Bertz CT molecular complexity index is 541. The first-order valence-electron chi connectivity index (χ1n) is 7.17. The van der Waals surface area contributed by atoms with Gasteiger partial charge in [0.1, 0.15) is 0 Å². The molecule has 4 nitrogen and oxygen atoms in total. The summed E-state index contributed by atoms with van der Waals surface area (Å²) in [6.45, 7) is 3.01. The summed E-state index contributed by atoms with van der Waals surface area (Å²) in [4.78, 5) is 0. The summed E-state index contributed by atoms with van der Waals surface area (Å²) < 4.78 is 33.0. The van der Waals surface area contributed by atoms with Crippen molar-refractivity contribution in [3.63, 3.8) is 0 Å². The molecule has 21 heavy (non-hydrogen) atoms. The molecule has 1 atom stereocenters. The van der Waals surface area contributed by atoms with Gasteiger partial charge in [-0.05, 0) is 24.3 Å². The summed E-state index contributed by atoms with van der Waals surface area (Å²) in [6, 6.07) is 9.67. The first kappa shape index (κ1) is 16.7. The van der Waals surface area contributed by atoms with E-state index in [9.17, 15) is 8.42 Å². The number of hydrogen-bond donors (Lipinski definition) is 1. The number of halogens is 1. The summed E-state index contributed by atoms with van der Waals surface area (Å²) in [6.07, 6.45) is 1.24. The second-order valence-electron chi connectivity index (χ2n) is 5.72. The van der Waals surface area contributed by atoms with Crippen molar-refractivity contribution in [1.29, 1.82) is 0 Å². The first-order valence-corrected chi connectivity index (χ1v) is 9.35. The molecule has 0 aromatic heterocycles. The van der Waals surface area contributed by atoms with Crippen molar-refractivity contribution >= 4 is 21.6 Å². The summed E-state index contributed by atoms with van der Waals surface area (Å²) >= 11 is 6.01. The normalized spacial score (nSPS) is 20.1. The third-order valence-corrected chi connectivity index (χ3v) is 6.11. The lowest BCUT2D eigenvalue weighted by molar-refractivity contribution is 0.0549. The molecule has 0 saturated carbocycles. The van der Waals surface area contributed by atoms with Crippen LogP contribution in [0.5, 0.6) is 0 Å². The van der Waals surface area contributed by atoms with Crippen molar-refractivity contribution in [3.05, 3.63) is 35.9 Å². The Labute approximate surface area is 131 Å². The van der Waals surface area contributed by atoms with Gasteiger partial charge in [-0.3, -0.25) is 0 Å². The molecule has 1 aromatic carbocycles. The van der Waals surface area contributed by atoms with Crippen LogP contribution in [0.2, 0.25) is 0 Å². The third kappa shape index (κ3) is 4.68. The lowest BCUT2D eigenvalue weighted by Crippen LogP contribution is -2.54. The molecule has 0 spiro atoms. The fourth-order valence-electron chi connectivity index (χ4n) is 2.60. The number of ether oxygens (including phenoxy) is 1. The zero-order valence-electron chi connectivity index (χ0n) is 12.2. The van der Waals surface area contributed by atoms with Crippen LogP contribution in [0, 0.1) is 0 Å². The predicted octanol–water partition coefficient (Wildman–Crippen LogP) is 2.50. The summed E-state index contributed by atoms with van der Waals surface area (Å²) in [5, 5.41) is 0. The molecule has 1 unspecified atom stereocenters. The smallest absolute Gasteiger partial charge is 0.212 e. The molecule has 0 bridgehead atoms. The summed E-state index contributed by atoms with van der Waals surface area (Å²) in [5.41, 5.74) is 0.462. The van der Waals surface area contributed by atoms with Crippen LogP contribution in [0.1, 0.15) is 31.2 Å². The molecule has 118 valence electrons. The Morgan fingerprint density at radius 3 is 2.48 bits per heavy atom. The number of nitrogens with one attached hydrogen (secondary N) is 1. The average Bonchev–Trinajstić information content (AvgIpc) is 2.48. The predicted molar refractivity (Wildman–Crippen MR) is 85.3 cm³/mol. The van der Waals surface area contributed by atoms with Crippen molar-refractivity contribution in [2.75, 3.05) is 24.8 Å². The van der Waals surface area contributed by atoms with Crippen LogP contribution in [0.25, 0.3) is 0 Å². The van der Waals surface area contributed by atoms with Gasteiger partial charge >= 0.3 is 0 Å². The molecule has 1 saturated heterocycles. The lowest BCUT2D eigenvalue weighted by atomic mass is 9.94. The highest BCUT2D eigenvalue weighted by molar-refractivity contribution is 7.89. The minimum absolute atomic E-state index is 0.0593. The first-order chi connectivity index (χ1) is 9.96. The Morgan fingerprint density at radius 1 is 1.29 bits per heavy atom. The number of hydrogen-bond acceptors (Lipinski definition) is 3. The van der Waals surface area contributed by atoms with Gasteiger partial charge in [0.25, 0.3) is 0 Å². The topological polar surface area (TPSA) is 55.4 Å². The lowest BCUT2D eigenvalue weighted by Gasteiger charge is -2.36. The zero-order chi connectivity index (χ0) is 15.3. The van der Waals surface area contributed by atoms with E-state index in [0.717, 1.165) is 5.56 Å². The molecular weight excluding hydrogens is 310 g/mol. The van der Waals surface area contributed by atoms with E-state index >= 15 is 0 Å². The van der Waals surface area contributed by atoms with Crippen LogP contribution in [-0.2, 0) is 14.8 Å². The average molecular weight is 332 g/mol. The Balaban J connectivity index is 2.04. The van der Waals surface area contributed by atoms with E-state index in [1.807, 2.05) is 37.3 Å². The van der Waals surface area contributed by atoms with Crippen LogP contribution >= 0.6 is 11.6 Å². The van der Waals surface area contributed by atoms with Crippen LogP contribution in [-0.4, -0.2) is 38.8 Å². The quantitative estimate of drug-likeness (QED) is 0.815. The van der Waals surface area contributed by atoms with Gasteiger partial charge in [-0.25, -0.2) is 13.1 Å². The molecule has 1 N–H and O–H groups in total. The van der Waals surface area contributed by atoms with Gasteiger partial charge in [0.05, 0.1) is 11.3 Å². The van der Waals surface area contributed by atoms with E-state index in [1.54, 1.807) is 0 Å². The number of rotatable bonds is 6. The van der Waals surface area contributed by atoms with Gasteiger partial charge < -0.3 is 4.74 Å². The van der Waals surface area contributed by atoms with Crippen LogP contribution < -0.4 is 4.72 Å². The minimum Gasteiger partial charge on any atom is -0.381 e. The maximum absolute atomic E-state index is 12.4. The highest BCUT2D eigenvalue weighted by Crippen LogP contribution is 2.25. The van der Waals surface area contributed by atoms with Crippen molar-refractivity contribution in [2.24, 2.45) is 0 Å². The van der Waals surface area contributed by atoms with Gasteiger partial charge in [-0.1, -0.05) is 37.3 Å². The second-order valence-corrected chi connectivity index (χ2v) is 7.76. The maximum atomic E-state index is 12.4. The molecule has 1 aliphatic heterocycles. The largest absolute Gasteiger partial charge is 0.381 e. The molecule has 2 rings (SSSR count). The van der Waals surface area contributed by atoms with Gasteiger partial charge in [0.15, 0.2) is 0 Å². The molecular formula is C15H22ClNO3S. The van der Waals surface area contributed by atoms with E-state index in [-0.39, 0.29) is 17.6 Å². The molecule has 1 aliphatic rings. The Morgan fingerprint density at radius 2 is 1.90 bits per heavy atom. The van der Waals surface area contributed by atoms with Crippen molar-refractivity contribution in [3.8, 4) is 0 Å². The monoisotopic (exact) mass is 331 g/mol. The zero-order valence-corrected chi connectivity index (χ0v) is 13.8. The fraction of sp³-hybridized carbons (Fsp3) is 0.600. The second kappa shape index (κ2) is 7.09. The van der Waals surface area contributed by atoms with Crippen LogP contribution in [0.15, 0.2) is 30.3 Å². The van der Waals surface area contributed by atoms with E-state index < -0.39 is 15.6 Å². The van der Waals surface area contributed by atoms with Gasteiger partial charge in [-0.2, -0.15) is 0 Å². The Kier molecular flexibility index (Phi) is 5.66. The van der Waals surface area contributed by atoms with E-state index in [1.165, 1.54) is 0 Å². The molecule has 0 radical (unpaired) electrons. The standard InChI is InChI=1S/C15H22ClNO3S/c1-13(14-5-3-2-4-6-14)11-21(18,19)17-15(12-16)7-9-20-10-8-15/h2-6,13,17H,7-12H2,1H3. The summed E-state index contributed by atoms with van der Waals surface area (Å²) in [5.74, 6) is 0.280. The molecule has 1 fully saturated rings. The molecule has 1 aromatic rings. The molecule has 0 amide bonds. The summed E-state index contributed by atoms with van der Waals surface area (Å²) in [7, 11) is -3.39. The number of benzene rings is 1.